The Hall–Kier alpha value is -2.01. The lowest BCUT2D eigenvalue weighted by molar-refractivity contribution is 0.414. The van der Waals surface area contributed by atoms with Gasteiger partial charge in [0.1, 0.15) is 5.75 Å². The minimum atomic E-state index is -3.33. The predicted octanol–water partition coefficient (Wildman–Crippen LogP) is 2.55. The summed E-state index contributed by atoms with van der Waals surface area (Å²) in [5.41, 5.74) is 2.43. The zero-order valence-corrected chi connectivity index (χ0v) is 18.7. The van der Waals surface area contributed by atoms with E-state index in [2.05, 4.69) is 20.3 Å². The number of nitrogens with zero attached hydrogens (tertiary/aromatic N) is 1. The van der Waals surface area contributed by atoms with Crippen LogP contribution in [-0.4, -0.2) is 34.8 Å². The molecule has 0 saturated heterocycles. The van der Waals surface area contributed by atoms with Crippen molar-refractivity contribution in [3.05, 3.63) is 59.7 Å². The van der Waals surface area contributed by atoms with Crippen molar-refractivity contribution in [2.24, 2.45) is 4.99 Å². The van der Waals surface area contributed by atoms with Crippen LogP contribution < -0.4 is 20.1 Å². The van der Waals surface area contributed by atoms with E-state index in [0.717, 1.165) is 23.1 Å². The summed E-state index contributed by atoms with van der Waals surface area (Å²) in [5, 5.41) is 6.40. The van der Waals surface area contributed by atoms with Crippen LogP contribution in [0.4, 0.5) is 5.69 Å². The quantitative estimate of drug-likeness (QED) is 0.306. The Kier molecular flexibility index (Phi) is 9.36. The van der Waals surface area contributed by atoms with E-state index in [-0.39, 0.29) is 24.0 Å². The summed E-state index contributed by atoms with van der Waals surface area (Å²) in [6.45, 7) is 1.01. The van der Waals surface area contributed by atoms with Gasteiger partial charge in [-0.3, -0.25) is 9.71 Å². The van der Waals surface area contributed by atoms with Crippen molar-refractivity contribution in [2.45, 2.75) is 13.1 Å². The fraction of sp³-hybridized carbons (Fsp3) is 0.278. The number of para-hydroxylation sites is 1. The summed E-state index contributed by atoms with van der Waals surface area (Å²) in [7, 11) is -0.0161. The summed E-state index contributed by atoms with van der Waals surface area (Å²) in [5.74, 6) is 1.41. The monoisotopic (exact) mass is 504 g/mol. The number of guanidine groups is 1. The van der Waals surface area contributed by atoms with Gasteiger partial charge in [0.25, 0.3) is 0 Å². The molecule has 0 aliphatic carbocycles. The third-order valence-electron chi connectivity index (χ3n) is 3.58. The molecule has 0 amide bonds. The molecule has 2 aromatic carbocycles. The molecule has 0 fully saturated rings. The van der Waals surface area contributed by atoms with E-state index in [4.69, 9.17) is 4.74 Å². The van der Waals surface area contributed by atoms with Gasteiger partial charge in [0.05, 0.1) is 19.1 Å². The molecule has 9 heteroatoms. The summed E-state index contributed by atoms with van der Waals surface area (Å²) in [6.07, 6.45) is 1.13. The van der Waals surface area contributed by atoms with Crippen LogP contribution in [0.3, 0.4) is 0 Å². The third-order valence-corrected chi connectivity index (χ3v) is 4.17. The normalized spacial score (nSPS) is 11.3. The summed E-state index contributed by atoms with van der Waals surface area (Å²) in [6, 6.07) is 15.0. The Morgan fingerprint density at radius 2 is 1.78 bits per heavy atom. The largest absolute Gasteiger partial charge is 0.497 e. The van der Waals surface area contributed by atoms with Crippen LogP contribution in [-0.2, 0) is 23.1 Å². The number of methoxy groups -OCH3 is 1. The molecule has 2 aromatic rings. The number of ether oxygens (including phenoxy) is 1. The van der Waals surface area contributed by atoms with Gasteiger partial charge < -0.3 is 15.4 Å². The van der Waals surface area contributed by atoms with E-state index in [1.807, 2.05) is 36.4 Å². The van der Waals surface area contributed by atoms with Gasteiger partial charge in [-0.25, -0.2) is 8.42 Å². The molecule has 0 aliphatic rings. The lowest BCUT2D eigenvalue weighted by Gasteiger charge is -2.15. The van der Waals surface area contributed by atoms with Gasteiger partial charge in [0.15, 0.2) is 5.96 Å². The maximum absolute atomic E-state index is 11.5. The number of hydrogen-bond acceptors (Lipinski definition) is 4. The average molecular weight is 504 g/mol. The molecular formula is C18H25IN4O3S. The fourth-order valence-electron chi connectivity index (χ4n) is 2.34. The van der Waals surface area contributed by atoms with Gasteiger partial charge in [0, 0.05) is 20.1 Å². The topological polar surface area (TPSA) is 91.8 Å². The molecule has 0 saturated carbocycles. The molecule has 0 unspecified atom stereocenters. The lowest BCUT2D eigenvalue weighted by Crippen LogP contribution is -2.36. The molecule has 2 rings (SSSR count). The van der Waals surface area contributed by atoms with Crippen LogP contribution in [0.25, 0.3) is 0 Å². The first-order chi connectivity index (χ1) is 12.4. The SMILES string of the molecule is CN=C(NCc1cccc(OC)c1)NCc1ccccc1NS(C)(=O)=O.I. The van der Waals surface area contributed by atoms with E-state index >= 15 is 0 Å². The number of rotatable bonds is 7. The Morgan fingerprint density at radius 3 is 2.44 bits per heavy atom. The third kappa shape index (κ3) is 8.04. The van der Waals surface area contributed by atoms with Crippen molar-refractivity contribution >= 4 is 45.6 Å². The highest BCUT2D eigenvalue weighted by atomic mass is 127. The number of nitrogens with one attached hydrogen (secondary N) is 3. The molecule has 27 heavy (non-hydrogen) atoms. The molecule has 148 valence electrons. The van der Waals surface area contributed by atoms with Gasteiger partial charge in [-0.15, -0.1) is 24.0 Å². The maximum Gasteiger partial charge on any atom is 0.229 e. The second-order valence-electron chi connectivity index (χ2n) is 5.66. The Balaban J connectivity index is 0.00000364. The molecule has 0 radical (unpaired) electrons. The van der Waals surface area contributed by atoms with Crippen molar-refractivity contribution < 1.29 is 13.2 Å². The van der Waals surface area contributed by atoms with Gasteiger partial charge in [0.2, 0.25) is 10.0 Å². The number of hydrogen-bond donors (Lipinski definition) is 3. The van der Waals surface area contributed by atoms with Gasteiger partial charge >= 0.3 is 0 Å². The highest BCUT2D eigenvalue weighted by Crippen LogP contribution is 2.16. The van der Waals surface area contributed by atoms with E-state index in [1.165, 1.54) is 0 Å². The van der Waals surface area contributed by atoms with Gasteiger partial charge in [-0.1, -0.05) is 30.3 Å². The molecule has 3 N–H and O–H groups in total. The van der Waals surface area contributed by atoms with Crippen molar-refractivity contribution in [2.75, 3.05) is 25.1 Å². The Morgan fingerprint density at radius 1 is 1.07 bits per heavy atom. The molecule has 0 heterocycles. The highest BCUT2D eigenvalue weighted by Gasteiger charge is 2.07. The number of benzene rings is 2. The smallest absolute Gasteiger partial charge is 0.229 e. The lowest BCUT2D eigenvalue weighted by atomic mass is 10.2. The van der Waals surface area contributed by atoms with Crippen LogP contribution in [0.2, 0.25) is 0 Å². The fourth-order valence-corrected chi connectivity index (χ4v) is 2.94. The second kappa shape index (κ2) is 11.0. The molecular weight excluding hydrogens is 479 g/mol. The summed E-state index contributed by atoms with van der Waals surface area (Å²) >= 11 is 0. The average Bonchev–Trinajstić information content (AvgIpc) is 2.62. The van der Waals surface area contributed by atoms with Crippen LogP contribution in [0.5, 0.6) is 5.75 Å². The number of anilines is 1. The van der Waals surface area contributed by atoms with Crippen LogP contribution in [0.15, 0.2) is 53.5 Å². The first-order valence-corrected chi connectivity index (χ1v) is 9.93. The van der Waals surface area contributed by atoms with Gasteiger partial charge in [-0.05, 0) is 29.3 Å². The molecule has 0 aromatic heterocycles. The maximum atomic E-state index is 11.5. The molecule has 0 aliphatic heterocycles. The van der Waals surface area contributed by atoms with Crippen LogP contribution >= 0.6 is 24.0 Å². The molecule has 0 atom stereocenters. The zero-order valence-electron chi connectivity index (χ0n) is 15.5. The van der Waals surface area contributed by atoms with E-state index in [0.29, 0.717) is 24.7 Å². The zero-order chi connectivity index (χ0) is 19.0. The van der Waals surface area contributed by atoms with Crippen molar-refractivity contribution in [1.82, 2.24) is 10.6 Å². The predicted molar refractivity (Wildman–Crippen MR) is 120 cm³/mol. The minimum absolute atomic E-state index is 0. The minimum Gasteiger partial charge on any atom is -0.497 e. The molecule has 7 nitrogen and oxygen atoms in total. The van der Waals surface area contributed by atoms with E-state index in [1.54, 1.807) is 26.3 Å². The number of halogens is 1. The second-order valence-corrected chi connectivity index (χ2v) is 7.41. The van der Waals surface area contributed by atoms with Crippen molar-refractivity contribution in [3.63, 3.8) is 0 Å². The molecule has 0 spiro atoms. The first kappa shape index (κ1) is 23.0. The Bertz CT molecular complexity index is 872. The number of aliphatic imine (C=N–C) groups is 1. The number of sulfonamides is 1. The van der Waals surface area contributed by atoms with Crippen molar-refractivity contribution in [3.8, 4) is 5.75 Å². The highest BCUT2D eigenvalue weighted by molar-refractivity contribution is 14.0. The standard InChI is InChI=1S/C18H24N4O3S.HI/c1-19-18(20-12-14-7-6-9-16(11-14)25-2)21-13-15-8-4-5-10-17(15)22-26(3,23)24;/h4-11,22H,12-13H2,1-3H3,(H2,19,20,21);1H. The summed E-state index contributed by atoms with van der Waals surface area (Å²) < 4.78 is 30.7. The van der Waals surface area contributed by atoms with Crippen LogP contribution in [0, 0.1) is 0 Å². The first-order valence-electron chi connectivity index (χ1n) is 8.04. The van der Waals surface area contributed by atoms with Crippen LogP contribution in [0.1, 0.15) is 11.1 Å². The summed E-state index contributed by atoms with van der Waals surface area (Å²) in [4.78, 5) is 4.19. The van der Waals surface area contributed by atoms with E-state index < -0.39 is 10.0 Å². The molecule has 0 bridgehead atoms. The van der Waals surface area contributed by atoms with Gasteiger partial charge in [-0.2, -0.15) is 0 Å². The van der Waals surface area contributed by atoms with Crippen molar-refractivity contribution in [1.29, 1.82) is 0 Å². The Labute approximate surface area is 177 Å². The van der Waals surface area contributed by atoms with E-state index in [9.17, 15) is 8.42 Å².